The molecule has 3 N–H and O–H groups in total. The summed E-state index contributed by atoms with van der Waals surface area (Å²) in [6, 6.07) is 5.32. The quantitative estimate of drug-likeness (QED) is 0.662. The molecular formula is C13H12ClN3O3. The minimum atomic E-state index is -0.319. The van der Waals surface area contributed by atoms with Crippen LogP contribution in [0.5, 0.6) is 5.88 Å². The average Bonchev–Trinajstić information content (AvgIpc) is 2.43. The maximum Gasteiger partial charge on any atom is 0.272 e. The van der Waals surface area contributed by atoms with Crippen molar-refractivity contribution < 1.29 is 10.2 Å². The van der Waals surface area contributed by atoms with Gasteiger partial charge < -0.3 is 15.5 Å². The first-order chi connectivity index (χ1) is 9.60. The lowest BCUT2D eigenvalue weighted by Crippen LogP contribution is -2.30. The lowest BCUT2D eigenvalue weighted by Gasteiger charge is -2.22. The third-order valence-corrected chi connectivity index (χ3v) is 3.48. The second-order valence-corrected chi connectivity index (χ2v) is 4.97. The van der Waals surface area contributed by atoms with Crippen molar-refractivity contribution in [2.45, 2.75) is 13.0 Å². The van der Waals surface area contributed by atoms with Crippen LogP contribution in [-0.2, 0) is 13.0 Å². The summed E-state index contributed by atoms with van der Waals surface area (Å²) in [7, 11) is 0. The average molecular weight is 294 g/mol. The number of hydrogen-bond donors (Lipinski definition) is 3. The molecule has 0 amide bonds. The minimum absolute atomic E-state index is 0.0488. The lowest BCUT2D eigenvalue weighted by molar-refractivity contribution is 0.262. The van der Waals surface area contributed by atoms with Gasteiger partial charge in [-0.3, -0.25) is 4.79 Å². The summed E-state index contributed by atoms with van der Waals surface area (Å²) in [6.45, 7) is -0.169. The van der Waals surface area contributed by atoms with Crippen molar-refractivity contribution in [2.24, 2.45) is 0 Å². The summed E-state index contributed by atoms with van der Waals surface area (Å²) >= 11 is 5.93. The smallest absolute Gasteiger partial charge is 0.272 e. The van der Waals surface area contributed by atoms with Gasteiger partial charge in [-0.05, 0) is 17.7 Å². The summed E-state index contributed by atoms with van der Waals surface area (Å²) < 4.78 is 1.07. The Morgan fingerprint density at radius 2 is 2.25 bits per heavy atom. The third kappa shape index (κ3) is 2.03. The molecule has 1 aliphatic rings. The Morgan fingerprint density at radius 3 is 3.00 bits per heavy atom. The maximum absolute atomic E-state index is 12.2. The molecule has 7 heteroatoms. The van der Waals surface area contributed by atoms with Gasteiger partial charge in [0, 0.05) is 17.1 Å². The standard InChI is InChI=1S/C13H12ClN3O3/c14-8-2-1-7-5-9-11(15-10(7)6-8)12(19)16-17(3-4-18)13(9)20/h1-2,6,15,18H,3-5H2,(H,16,19). The summed E-state index contributed by atoms with van der Waals surface area (Å²) in [5.41, 5.74) is 2.08. The van der Waals surface area contributed by atoms with Crippen LogP contribution in [-0.4, -0.2) is 26.6 Å². The Labute approximate surface area is 119 Å². The molecule has 0 atom stereocenters. The predicted molar refractivity (Wildman–Crippen MR) is 74.8 cm³/mol. The van der Waals surface area contributed by atoms with E-state index in [1.165, 1.54) is 0 Å². The van der Waals surface area contributed by atoms with Gasteiger partial charge in [0.25, 0.3) is 11.4 Å². The van der Waals surface area contributed by atoms with Crippen LogP contribution < -0.4 is 10.9 Å². The van der Waals surface area contributed by atoms with Crippen molar-refractivity contribution in [3.05, 3.63) is 44.7 Å². The number of aromatic nitrogens is 2. The van der Waals surface area contributed by atoms with Crippen molar-refractivity contribution in [1.82, 2.24) is 9.78 Å². The van der Waals surface area contributed by atoms with Crippen molar-refractivity contribution in [2.75, 3.05) is 11.9 Å². The zero-order chi connectivity index (χ0) is 14.3. The van der Waals surface area contributed by atoms with E-state index in [9.17, 15) is 9.90 Å². The highest BCUT2D eigenvalue weighted by Gasteiger charge is 2.23. The first kappa shape index (κ1) is 13.0. The van der Waals surface area contributed by atoms with Crippen molar-refractivity contribution in [3.8, 4) is 5.88 Å². The number of hydrogen-bond acceptors (Lipinski definition) is 5. The molecule has 104 valence electrons. The number of anilines is 2. The topological polar surface area (TPSA) is 87.4 Å². The molecule has 0 fully saturated rings. The Balaban J connectivity index is 2.14. The molecule has 0 unspecified atom stereocenters. The van der Waals surface area contributed by atoms with Crippen LogP contribution in [0.3, 0.4) is 0 Å². The first-order valence-corrected chi connectivity index (χ1v) is 6.47. The van der Waals surface area contributed by atoms with E-state index in [1.807, 2.05) is 6.07 Å². The number of aliphatic hydroxyl groups excluding tert-OH is 1. The molecule has 0 saturated carbocycles. The zero-order valence-corrected chi connectivity index (χ0v) is 11.2. The molecule has 0 bridgehead atoms. The third-order valence-electron chi connectivity index (χ3n) is 3.24. The van der Waals surface area contributed by atoms with Gasteiger partial charge in [0.1, 0.15) is 5.69 Å². The number of halogens is 1. The van der Waals surface area contributed by atoms with E-state index in [4.69, 9.17) is 16.7 Å². The van der Waals surface area contributed by atoms with Crippen molar-refractivity contribution in [3.63, 3.8) is 0 Å². The molecular weight excluding hydrogens is 282 g/mol. The SMILES string of the molecule is O=c1c2c(c(O)nn1CCO)Nc1cc(Cl)ccc1C2. The van der Waals surface area contributed by atoms with Crippen LogP contribution in [0.4, 0.5) is 11.4 Å². The van der Waals surface area contributed by atoms with Gasteiger partial charge >= 0.3 is 0 Å². The van der Waals surface area contributed by atoms with Crippen molar-refractivity contribution >= 4 is 23.0 Å². The summed E-state index contributed by atoms with van der Waals surface area (Å²) in [6.07, 6.45) is 0.384. The van der Waals surface area contributed by atoms with Crippen LogP contribution in [0.1, 0.15) is 11.1 Å². The fourth-order valence-corrected chi connectivity index (χ4v) is 2.47. The molecule has 3 rings (SSSR count). The molecule has 20 heavy (non-hydrogen) atoms. The molecule has 0 saturated heterocycles. The second kappa shape index (κ2) is 4.81. The second-order valence-electron chi connectivity index (χ2n) is 4.53. The van der Waals surface area contributed by atoms with Crippen LogP contribution >= 0.6 is 11.6 Å². The maximum atomic E-state index is 12.2. The van der Waals surface area contributed by atoms with E-state index >= 15 is 0 Å². The van der Waals surface area contributed by atoms with Gasteiger partial charge in [-0.1, -0.05) is 17.7 Å². The molecule has 1 aromatic carbocycles. The van der Waals surface area contributed by atoms with E-state index in [1.54, 1.807) is 12.1 Å². The molecule has 1 aliphatic heterocycles. The summed E-state index contributed by atoms with van der Waals surface area (Å²) in [5, 5.41) is 26.2. The monoisotopic (exact) mass is 293 g/mol. The first-order valence-electron chi connectivity index (χ1n) is 6.09. The summed E-state index contributed by atoms with van der Waals surface area (Å²) in [5.74, 6) is -0.265. The van der Waals surface area contributed by atoms with Gasteiger partial charge in [0.05, 0.1) is 18.7 Å². The highest BCUT2D eigenvalue weighted by Crippen LogP contribution is 2.36. The Kier molecular flexibility index (Phi) is 3.11. The van der Waals surface area contributed by atoms with Crippen LogP contribution in [0.15, 0.2) is 23.0 Å². The van der Waals surface area contributed by atoms with Gasteiger partial charge in [-0.15, -0.1) is 5.10 Å². The number of nitrogens with one attached hydrogen (secondary N) is 1. The molecule has 0 spiro atoms. The van der Waals surface area contributed by atoms with E-state index in [0.717, 1.165) is 15.9 Å². The number of nitrogens with zero attached hydrogens (tertiary/aromatic N) is 2. The predicted octanol–water partition coefficient (Wildman–Crippen LogP) is 1.24. The van der Waals surface area contributed by atoms with Crippen LogP contribution in [0.2, 0.25) is 5.02 Å². The highest BCUT2D eigenvalue weighted by molar-refractivity contribution is 6.30. The fourth-order valence-electron chi connectivity index (χ4n) is 2.29. The molecule has 2 aromatic rings. The molecule has 1 aromatic heterocycles. The largest absolute Gasteiger partial charge is 0.491 e. The Morgan fingerprint density at radius 1 is 1.45 bits per heavy atom. The van der Waals surface area contributed by atoms with Gasteiger partial charge in [0.15, 0.2) is 0 Å². The summed E-state index contributed by atoms with van der Waals surface area (Å²) in [4.78, 5) is 12.2. The zero-order valence-electron chi connectivity index (χ0n) is 10.4. The van der Waals surface area contributed by atoms with Gasteiger partial charge in [-0.25, -0.2) is 4.68 Å². The molecule has 6 nitrogen and oxygen atoms in total. The van der Waals surface area contributed by atoms with Gasteiger partial charge in [0.2, 0.25) is 0 Å². The van der Waals surface area contributed by atoms with Gasteiger partial charge in [-0.2, -0.15) is 0 Å². The van der Waals surface area contributed by atoms with E-state index in [2.05, 4.69) is 10.4 Å². The number of fused-ring (bicyclic) bond motifs is 2. The van der Waals surface area contributed by atoms with E-state index in [-0.39, 0.29) is 24.6 Å². The number of aliphatic hydroxyl groups is 1. The molecule has 0 aliphatic carbocycles. The highest BCUT2D eigenvalue weighted by atomic mass is 35.5. The lowest BCUT2D eigenvalue weighted by atomic mass is 9.99. The van der Waals surface area contributed by atoms with E-state index < -0.39 is 0 Å². The van der Waals surface area contributed by atoms with Crippen molar-refractivity contribution in [1.29, 1.82) is 0 Å². The van der Waals surface area contributed by atoms with Crippen LogP contribution in [0.25, 0.3) is 0 Å². The number of benzene rings is 1. The van der Waals surface area contributed by atoms with E-state index in [0.29, 0.717) is 22.7 Å². The molecule has 2 heterocycles. The molecule has 0 radical (unpaired) electrons. The fraction of sp³-hybridized carbons (Fsp3) is 0.231. The number of aromatic hydroxyl groups is 1. The Hall–Kier alpha value is -2.05. The number of rotatable bonds is 2. The Bertz CT molecular complexity index is 742. The normalized spacial score (nSPS) is 12.5. The minimum Gasteiger partial charge on any atom is -0.491 e. The van der Waals surface area contributed by atoms with Crippen LogP contribution in [0, 0.1) is 0 Å².